The van der Waals surface area contributed by atoms with Gasteiger partial charge in [0.25, 0.3) is 5.91 Å². The molecule has 174 valence electrons. The van der Waals surface area contributed by atoms with Gasteiger partial charge in [-0.15, -0.1) is 11.3 Å². The van der Waals surface area contributed by atoms with Crippen molar-refractivity contribution < 1.29 is 18.0 Å². The Morgan fingerprint density at radius 3 is 2.61 bits per heavy atom. The van der Waals surface area contributed by atoms with Gasteiger partial charge in [0.2, 0.25) is 0 Å². The van der Waals surface area contributed by atoms with Crippen molar-refractivity contribution in [1.82, 2.24) is 29.7 Å². The number of aryl methyl sites for hydroxylation is 2. The summed E-state index contributed by atoms with van der Waals surface area (Å²) in [5, 5.41) is 11.0. The van der Waals surface area contributed by atoms with Crippen LogP contribution in [0.25, 0.3) is 16.2 Å². The molecule has 7 nitrogen and oxygen atoms in total. The molecule has 1 N–H and O–H groups in total. The highest BCUT2D eigenvalue weighted by atomic mass is 32.1. The number of hydrogen-bond acceptors (Lipinski definition) is 5. The number of nitrogens with one attached hydrogen (secondary N) is 1. The summed E-state index contributed by atoms with van der Waals surface area (Å²) >= 11 is 1.39. The molecular weight excluding hydrogens is 453 g/mol. The number of aromatic nitrogens is 5. The Morgan fingerprint density at radius 2 is 2.00 bits per heavy atom. The minimum Gasteiger partial charge on any atom is -0.344 e. The van der Waals surface area contributed by atoms with Gasteiger partial charge in [-0.1, -0.05) is 6.92 Å². The van der Waals surface area contributed by atoms with E-state index in [-0.39, 0.29) is 17.0 Å². The summed E-state index contributed by atoms with van der Waals surface area (Å²) in [7, 11) is 0. The first-order valence-electron chi connectivity index (χ1n) is 10.5. The van der Waals surface area contributed by atoms with Crippen molar-refractivity contribution in [2.75, 3.05) is 0 Å². The molecule has 4 rings (SSSR count). The van der Waals surface area contributed by atoms with E-state index in [0.717, 1.165) is 28.6 Å². The number of rotatable bonds is 6. The molecule has 4 heterocycles. The number of nitrogens with zero attached hydrogens (tertiary/aromatic N) is 5. The summed E-state index contributed by atoms with van der Waals surface area (Å²) in [5.74, 6) is -0.587. The average molecular weight is 477 g/mol. The van der Waals surface area contributed by atoms with E-state index in [1.807, 2.05) is 26.8 Å². The zero-order chi connectivity index (χ0) is 23.9. The Hall–Kier alpha value is -3.21. The van der Waals surface area contributed by atoms with Crippen LogP contribution < -0.4 is 5.32 Å². The van der Waals surface area contributed by atoms with Crippen LogP contribution in [0.15, 0.2) is 30.5 Å². The van der Waals surface area contributed by atoms with Crippen molar-refractivity contribution in [3.05, 3.63) is 58.0 Å². The number of carbonyl (C=O) groups excluding carboxylic acids is 1. The van der Waals surface area contributed by atoms with Gasteiger partial charge in [-0.2, -0.15) is 23.4 Å². The van der Waals surface area contributed by atoms with Crippen LogP contribution >= 0.6 is 11.3 Å². The molecule has 0 radical (unpaired) electrons. The van der Waals surface area contributed by atoms with Crippen LogP contribution in [-0.4, -0.2) is 30.3 Å². The fraction of sp³-hybridized carbons (Fsp3) is 0.364. The summed E-state index contributed by atoms with van der Waals surface area (Å²) in [6, 6.07) is 5.48. The maximum absolute atomic E-state index is 13.8. The van der Waals surface area contributed by atoms with Gasteiger partial charge in [0.15, 0.2) is 17.0 Å². The summed E-state index contributed by atoms with van der Waals surface area (Å²) in [6.07, 6.45) is -2.21. The predicted octanol–water partition coefficient (Wildman–Crippen LogP) is 5.05. The number of thiophene rings is 1. The molecule has 4 aromatic rings. The van der Waals surface area contributed by atoms with Gasteiger partial charge < -0.3 is 5.32 Å². The molecular formula is C22H23F3N6OS. The average Bonchev–Trinajstić information content (AvgIpc) is 3.49. The fourth-order valence-electron chi connectivity index (χ4n) is 3.67. The topological polar surface area (TPSA) is 77.1 Å². The standard InChI is InChI=1S/C22H23F3N6OS/c1-5-14-7-8-18(33-14)16-9-19(22(23,24)25)31-20(28-16)10-17(29-31)21(32)27-12(3)15-11-26-30(6-2)13(15)4/h7-12H,5-6H2,1-4H3,(H,27,32). The normalized spacial score (nSPS) is 12.9. The molecule has 1 amide bonds. The number of carbonyl (C=O) groups is 1. The van der Waals surface area contributed by atoms with E-state index in [2.05, 4.69) is 20.5 Å². The molecule has 0 bridgehead atoms. The van der Waals surface area contributed by atoms with Gasteiger partial charge in [-0.3, -0.25) is 9.48 Å². The first kappa shape index (κ1) is 23.0. The highest BCUT2D eigenvalue weighted by Crippen LogP contribution is 2.34. The molecule has 0 fully saturated rings. The largest absolute Gasteiger partial charge is 0.433 e. The van der Waals surface area contributed by atoms with E-state index in [1.54, 1.807) is 23.9 Å². The molecule has 1 atom stereocenters. The summed E-state index contributed by atoms with van der Waals surface area (Å²) in [6.45, 7) is 8.32. The van der Waals surface area contributed by atoms with Crippen molar-refractivity contribution in [2.24, 2.45) is 0 Å². The summed E-state index contributed by atoms with van der Waals surface area (Å²) in [5.41, 5.74) is 0.767. The molecule has 0 aliphatic carbocycles. The quantitative estimate of drug-likeness (QED) is 0.422. The van der Waals surface area contributed by atoms with E-state index >= 15 is 0 Å². The predicted molar refractivity (Wildman–Crippen MR) is 119 cm³/mol. The van der Waals surface area contributed by atoms with Crippen LogP contribution in [0, 0.1) is 6.92 Å². The zero-order valence-corrected chi connectivity index (χ0v) is 19.4. The van der Waals surface area contributed by atoms with Crippen LogP contribution in [0.2, 0.25) is 0 Å². The van der Waals surface area contributed by atoms with Crippen LogP contribution in [0.5, 0.6) is 0 Å². The molecule has 0 saturated heterocycles. The highest BCUT2D eigenvalue weighted by Gasteiger charge is 2.36. The van der Waals surface area contributed by atoms with Crippen molar-refractivity contribution in [2.45, 2.75) is 52.9 Å². The summed E-state index contributed by atoms with van der Waals surface area (Å²) in [4.78, 5) is 18.9. The lowest BCUT2D eigenvalue weighted by molar-refractivity contribution is -0.142. The number of amides is 1. The minimum atomic E-state index is -4.67. The second kappa shape index (κ2) is 8.62. The lowest BCUT2D eigenvalue weighted by atomic mass is 10.1. The van der Waals surface area contributed by atoms with E-state index in [9.17, 15) is 18.0 Å². The molecule has 4 aromatic heterocycles. The van der Waals surface area contributed by atoms with Gasteiger partial charge >= 0.3 is 6.18 Å². The minimum absolute atomic E-state index is 0.0425. The van der Waals surface area contributed by atoms with Gasteiger partial charge in [0.05, 0.1) is 22.8 Å². The molecule has 0 aliphatic heterocycles. The third-order valence-electron chi connectivity index (χ3n) is 5.47. The van der Waals surface area contributed by atoms with Crippen molar-refractivity contribution in [3.63, 3.8) is 0 Å². The van der Waals surface area contributed by atoms with Gasteiger partial charge in [-0.05, 0) is 45.4 Å². The molecule has 0 saturated carbocycles. The number of alkyl halides is 3. The smallest absolute Gasteiger partial charge is 0.344 e. The highest BCUT2D eigenvalue weighted by molar-refractivity contribution is 7.15. The van der Waals surface area contributed by atoms with Crippen LogP contribution in [0.3, 0.4) is 0 Å². The Balaban J connectivity index is 1.70. The lowest BCUT2D eigenvalue weighted by Crippen LogP contribution is -2.27. The Labute approximate surface area is 192 Å². The molecule has 0 aromatic carbocycles. The Kier molecular flexibility index (Phi) is 6.00. The molecule has 11 heteroatoms. The van der Waals surface area contributed by atoms with Crippen LogP contribution in [0.4, 0.5) is 13.2 Å². The van der Waals surface area contributed by atoms with Gasteiger partial charge in [-0.25, -0.2) is 9.50 Å². The number of halogens is 3. The Morgan fingerprint density at radius 1 is 1.24 bits per heavy atom. The number of hydrogen-bond donors (Lipinski definition) is 1. The first-order chi connectivity index (χ1) is 15.6. The first-order valence-corrected chi connectivity index (χ1v) is 11.3. The van der Waals surface area contributed by atoms with E-state index in [1.165, 1.54) is 17.4 Å². The maximum atomic E-state index is 13.8. The number of fused-ring (bicyclic) bond motifs is 1. The SMILES string of the molecule is CCc1ccc(-c2cc(C(F)(F)F)n3nc(C(=O)NC(C)c4cnn(CC)c4C)cc3n2)s1. The van der Waals surface area contributed by atoms with Crippen LogP contribution in [-0.2, 0) is 19.1 Å². The summed E-state index contributed by atoms with van der Waals surface area (Å²) < 4.78 is 43.9. The van der Waals surface area contributed by atoms with Gasteiger partial charge in [0.1, 0.15) is 0 Å². The van der Waals surface area contributed by atoms with Crippen LogP contribution in [0.1, 0.15) is 59.1 Å². The second-order valence-corrected chi connectivity index (χ2v) is 8.81. The second-order valence-electron chi connectivity index (χ2n) is 7.64. The molecule has 0 aliphatic rings. The fourth-order valence-corrected chi connectivity index (χ4v) is 4.58. The molecule has 1 unspecified atom stereocenters. The monoisotopic (exact) mass is 476 g/mol. The molecule has 33 heavy (non-hydrogen) atoms. The third-order valence-corrected chi connectivity index (χ3v) is 6.72. The van der Waals surface area contributed by atoms with Gasteiger partial charge in [0, 0.05) is 28.7 Å². The van der Waals surface area contributed by atoms with Crippen molar-refractivity contribution in [3.8, 4) is 10.6 Å². The maximum Gasteiger partial charge on any atom is 0.433 e. The lowest BCUT2D eigenvalue weighted by Gasteiger charge is -2.13. The van der Waals surface area contributed by atoms with E-state index in [4.69, 9.17) is 0 Å². The van der Waals surface area contributed by atoms with E-state index < -0.39 is 23.8 Å². The Bertz CT molecular complexity index is 1320. The van der Waals surface area contributed by atoms with Crippen molar-refractivity contribution >= 4 is 22.9 Å². The van der Waals surface area contributed by atoms with Crippen molar-refractivity contribution in [1.29, 1.82) is 0 Å². The van der Waals surface area contributed by atoms with E-state index in [0.29, 0.717) is 15.9 Å². The third kappa shape index (κ3) is 4.37. The molecule has 0 spiro atoms. The zero-order valence-electron chi connectivity index (χ0n) is 18.6.